The number of aromatic nitrogens is 2. The van der Waals surface area contributed by atoms with Gasteiger partial charge >= 0.3 is 0 Å². The van der Waals surface area contributed by atoms with Gasteiger partial charge in [0.15, 0.2) is 0 Å². The highest BCUT2D eigenvalue weighted by molar-refractivity contribution is 7.11. The quantitative estimate of drug-likeness (QED) is 0.709. The van der Waals surface area contributed by atoms with Crippen molar-refractivity contribution in [2.75, 3.05) is 0 Å². The second kappa shape index (κ2) is 7.65. The largest absolute Gasteiger partial charge is 0.384 e. The molecule has 0 saturated heterocycles. The fraction of sp³-hybridized carbons (Fsp3) is 0.235. The van der Waals surface area contributed by atoms with Gasteiger partial charge in [-0.25, -0.2) is 9.97 Å². The molecule has 5 nitrogen and oxygen atoms in total. The van der Waals surface area contributed by atoms with Crippen LogP contribution in [0.15, 0.2) is 47.4 Å². The van der Waals surface area contributed by atoms with Crippen molar-refractivity contribution in [3.8, 4) is 0 Å². The van der Waals surface area contributed by atoms with E-state index in [1.165, 1.54) is 22.7 Å². The Morgan fingerprint density at radius 3 is 2.67 bits per heavy atom. The molecule has 3 aromatic rings. The number of hydrogen-bond acceptors (Lipinski definition) is 6. The van der Waals surface area contributed by atoms with E-state index >= 15 is 0 Å². The van der Waals surface area contributed by atoms with Crippen molar-refractivity contribution in [2.45, 2.75) is 25.5 Å². The Morgan fingerprint density at radius 1 is 1.25 bits per heavy atom. The van der Waals surface area contributed by atoms with E-state index in [-0.39, 0.29) is 5.91 Å². The first-order valence-electron chi connectivity index (χ1n) is 7.47. The molecule has 24 heavy (non-hydrogen) atoms. The number of rotatable bonds is 6. The van der Waals surface area contributed by atoms with Crippen molar-refractivity contribution in [1.29, 1.82) is 0 Å². The Bertz CT molecular complexity index is 787. The van der Waals surface area contributed by atoms with E-state index < -0.39 is 12.1 Å². The first-order chi connectivity index (χ1) is 11.6. The molecule has 0 spiro atoms. The molecule has 7 heteroatoms. The summed E-state index contributed by atoms with van der Waals surface area (Å²) in [7, 11) is 0. The first-order valence-corrected chi connectivity index (χ1v) is 9.23. The molecule has 0 aliphatic carbocycles. The van der Waals surface area contributed by atoms with Crippen molar-refractivity contribution >= 4 is 28.6 Å². The van der Waals surface area contributed by atoms with Crippen LogP contribution in [0.5, 0.6) is 0 Å². The van der Waals surface area contributed by atoms with Gasteiger partial charge in [0.25, 0.3) is 5.91 Å². The Morgan fingerprint density at radius 2 is 2.04 bits per heavy atom. The molecule has 1 amide bonds. The summed E-state index contributed by atoms with van der Waals surface area (Å²) in [5.74, 6) is -0.216. The lowest BCUT2D eigenvalue weighted by atomic mass is 10.0. The normalized spacial score (nSPS) is 13.4. The minimum absolute atomic E-state index is 0.216. The van der Waals surface area contributed by atoms with Gasteiger partial charge in [-0.2, -0.15) is 0 Å². The summed E-state index contributed by atoms with van der Waals surface area (Å²) in [6.45, 7) is 1.80. The maximum atomic E-state index is 12.5. The van der Waals surface area contributed by atoms with Gasteiger partial charge in [0.1, 0.15) is 16.0 Å². The molecule has 0 aliphatic heterocycles. The van der Waals surface area contributed by atoms with Crippen molar-refractivity contribution in [2.24, 2.45) is 0 Å². The number of carbonyl (C=O) groups excluding carboxylic acids is 1. The molecule has 3 rings (SSSR count). The SMILES string of the molecule is Cc1ncsc1C(=O)N[C@@H](Cc1ccccc1)[C@@H](O)c1nccs1. The van der Waals surface area contributed by atoms with Crippen LogP contribution in [0.3, 0.4) is 0 Å². The number of amides is 1. The molecule has 124 valence electrons. The first kappa shape index (κ1) is 16.8. The summed E-state index contributed by atoms with van der Waals surface area (Å²) in [6.07, 6.45) is 1.31. The van der Waals surface area contributed by atoms with Crippen LogP contribution in [0, 0.1) is 6.92 Å². The zero-order valence-corrected chi connectivity index (χ0v) is 14.7. The van der Waals surface area contributed by atoms with Crippen LogP contribution < -0.4 is 5.32 Å². The molecule has 0 aliphatic rings. The number of nitrogens with zero attached hydrogens (tertiary/aromatic N) is 2. The van der Waals surface area contributed by atoms with Crippen molar-refractivity contribution in [3.63, 3.8) is 0 Å². The minimum Gasteiger partial charge on any atom is -0.384 e. The van der Waals surface area contributed by atoms with Gasteiger partial charge < -0.3 is 10.4 Å². The standard InChI is InChI=1S/C17H17N3O2S2/c1-11-15(24-10-19-11)16(22)20-13(9-12-5-3-2-4-6-12)14(21)17-18-7-8-23-17/h2-8,10,13-14,21H,9H2,1H3,(H,20,22)/t13-,14+/m0/s1. The Labute approximate surface area is 148 Å². The van der Waals surface area contributed by atoms with E-state index in [2.05, 4.69) is 15.3 Å². The summed E-state index contributed by atoms with van der Waals surface area (Å²) in [5, 5.41) is 16.0. The maximum absolute atomic E-state index is 12.5. The fourth-order valence-corrected chi connectivity index (χ4v) is 3.81. The molecular weight excluding hydrogens is 342 g/mol. The van der Waals surface area contributed by atoms with Crippen LogP contribution in [0.4, 0.5) is 0 Å². The molecule has 0 bridgehead atoms. The predicted molar refractivity (Wildman–Crippen MR) is 95.3 cm³/mol. The third kappa shape index (κ3) is 3.87. The number of aliphatic hydroxyl groups is 1. The van der Waals surface area contributed by atoms with Crippen LogP contribution in [0.25, 0.3) is 0 Å². The lowest BCUT2D eigenvalue weighted by molar-refractivity contribution is 0.0835. The van der Waals surface area contributed by atoms with E-state index in [0.717, 1.165) is 5.56 Å². The lowest BCUT2D eigenvalue weighted by Gasteiger charge is -2.23. The van der Waals surface area contributed by atoms with E-state index in [4.69, 9.17) is 0 Å². The van der Waals surface area contributed by atoms with E-state index in [1.54, 1.807) is 18.6 Å². The van der Waals surface area contributed by atoms with Crippen molar-refractivity contribution in [1.82, 2.24) is 15.3 Å². The fourth-order valence-electron chi connectivity index (χ4n) is 2.42. The molecule has 2 aromatic heterocycles. The molecule has 1 aromatic carbocycles. The maximum Gasteiger partial charge on any atom is 0.263 e. The monoisotopic (exact) mass is 359 g/mol. The smallest absolute Gasteiger partial charge is 0.263 e. The number of aryl methyl sites for hydroxylation is 1. The number of thiazole rings is 2. The van der Waals surface area contributed by atoms with Gasteiger partial charge in [-0.15, -0.1) is 22.7 Å². The lowest BCUT2D eigenvalue weighted by Crippen LogP contribution is -2.41. The molecule has 0 radical (unpaired) electrons. The molecule has 2 heterocycles. The van der Waals surface area contributed by atoms with Gasteiger partial charge in [-0.3, -0.25) is 4.79 Å². The van der Waals surface area contributed by atoms with Crippen LogP contribution in [-0.4, -0.2) is 27.0 Å². The third-order valence-corrected chi connectivity index (χ3v) is 5.43. The summed E-state index contributed by atoms with van der Waals surface area (Å²) >= 11 is 2.67. The van der Waals surface area contributed by atoms with Gasteiger partial charge in [0.2, 0.25) is 0 Å². The average molecular weight is 359 g/mol. The summed E-state index contributed by atoms with van der Waals surface area (Å²) in [5.41, 5.74) is 3.38. The van der Waals surface area contributed by atoms with Gasteiger partial charge in [-0.1, -0.05) is 30.3 Å². The Kier molecular flexibility index (Phi) is 5.34. The molecule has 2 N–H and O–H groups in total. The van der Waals surface area contributed by atoms with Gasteiger partial charge in [-0.05, 0) is 18.9 Å². The summed E-state index contributed by atoms with van der Waals surface area (Å²) in [6, 6.07) is 9.31. The zero-order valence-electron chi connectivity index (χ0n) is 13.0. The molecule has 0 fully saturated rings. The van der Waals surface area contributed by atoms with Crippen LogP contribution in [-0.2, 0) is 6.42 Å². The number of hydrogen-bond donors (Lipinski definition) is 2. The van der Waals surface area contributed by atoms with Crippen LogP contribution in [0.1, 0.15) is 32.0 Å². The van der Waals surface area contributed by atoms with Crippen LogP contribution in [0.2, 0.25) is 0 Å². The highest BCUT2D eigenvalue weighted by Crippen LogP contribution is 2.23. The molecule has 0 unspecified atom stereocenters. The van der Waals surface area contributed by atoms with E-state index in [9.17, 15) is 9.90 Å². The van der Waals surface area contributed by atoms with Crippen LogP contribution >= 0.6 is 22.7 Å². The Balaban J connectivity index is 1.81. The molecule has 2 atom stereocenters. The number of benzene rings is 1. The van der Waals surface area contributed by atoms with Gasteiger partial charge in [0, 0.05) is 11.6 Å². The minimum atomic E-state index is -0.859. The second-order valence-electron chi connectivity index (χ2n) is 5.35. The second-order valence-corrected chi connectivity index (χ2v) is 7.13. The Hall–Kier alpha value is -2.09. The number of carbonyl (C=O) groups is 1. The summed E-state index contributed by atoms with van der Waals surface area (Å²) < 4.78 is 0. The van der Waals surface area contributed by atoms with E-state index in [0.29, 0.717) is 22.0 Å². The topological polar surface area (TPSA) is 75.1 Å². The zero-order chi connectivity index (χ0) is 16.9. The number of aliphatic hydroxyl groups excluding tert-OH is 1. The highest BCUT2D eigenvalue weighted by Gasteiger charge is 2.26. The molecule has 0 saturated carbocycles. The highest BCUT2D eigenvalue weighted by atomic mass is 32.1. The summed E-state index contributed by atoms with van der Waals surface area (Å²) in [4.78, 5) is 21.4. The third-order valence-electron chi connectivity index (χ3n) is 3.65. The average Bonchev–Trinajstić information content (AvgIpc) is 3.26. The predicted octanol–water partition coefficient (Wildman–Crippen LogP) is 2.98. The number of nitrogens with one attached hydrogen (secondary N) is 1. The molecular formula is C17H17N3O2S2. The van der Waals surface area contributed by atoms with Crippen molar-refractivity contribution in [3.05, 3.63) is 68.6 Å². The van der Waals surface area contributed by atoms with Gasteiger partial charge in [0.05, 0.1) is 17.2 Å². The van der Waals surface area contributed by atoms with Crippen molar-refractivity contribution < 1.29 is 9.90 Å². The van der Waals surface area contributed by atoms with E-state index in [1.807, 2.05) is 35.7 Å².